The third-order valence-electron chi connectivity index (χ3n) is 5.27. The predicted octanol–water partition coefficient (Wildman–Crippen LogP) is 4.47. The van der Waals surface area contributed by atoms with Gasteiger partial charge in [0.25, 0.3) is 5.91 Å². The van der Waals surface area contributed by atoms with E-state index in [2.05, 4.69) is 4.98 Å². The lowest BCUT2D eigenvalue weighted by atomic mass is 10.1. The maximum absolute atomic E-state index is 12.7. The van der Waals surface area contributed by atoms with Crippen LogP contribution in [0.2, 0.25) is 0 Å². The normalized spacial score (nSPS) is 18.4. The molecule has 1 aliphatic heterocycles. The van der Waals surface area contributed by atoms with Gasteiger partial charge in [0.15, 0.2) is 0 Å². The fraction of sp³-hybridized carbons (Fsp3) is 0.304. The zero-order valence-corrected chi connectivity index (χ0v) is 17.1. The summed E-state index contributed by atoms with van der Waals surface area (Å²) in [5, 5.41) is 0. The summed E-state index contributed by atoms with van der Waals surface area (Å²) in [5.74, 6) is 0.782. The second-order valence-corrected chi connectivity index (χ2v) is 7.59. The van der Waals surface area contributed by atoms with Crippen LogP contribution >= 0.6 is 0 Å². The van der Waals surface area contributed by atoms with Crippen molar-refractivity contribution in [3.05, 3.63) is 71.6 Å². The number of ether oxygens (including phenoxy) is 2. The predicted molar refractivity (Wildman–Crippen MR) is 113 cm³/mol. The molecule has 9 heteroatoms. The molecule has 4 rings (SSSR count). The minimum Gasteiger partial charge on any atom is -0.472 e. The highest BCUT2D eigenvalue weighted by atomic mass is 19.4. The van der Waals surface area contributed by atoms with Crippen molar-refractivity contribution < 1.29 is 27.4 Å². The highest BCUT2D eigenvalue weighted by Gasteiger charge is 2.31. The number of nitrogens with two attached hydrogens (primary N) is 1. The minimum atomic E-state index is -4.44. The Hall–Kier alpha value is -3.49. The number of hydrogen-bond acceptors (Lipinski definition) is 5. The van der Waals surface area contributed by atoms with Gasteiger partial charge in [0.05, 0.1) is 17.7 Å². The van der Waals surface area contributed by atoms with E-state index in [4.69, 9.17) is 15.2 Å². The number of halogens is 3. The number of primary amides is 1. The van der Waals surface area contributed by atoms with E-state index in [0.29, 0.717) is 36.5 Å². The molecular formula is C23H22F3N3O3. The first-order valence-corrected chi connectivity index (χ1v) is 10.2. The SMILES string of the molecule is NC(=O)c1cc(OC2=CCCC=C2)ccc1N1CCC(Oc2ccc(C(F)(F)F)cn2)C1. The number of carbonyl (C=O) groups excluding carboxylic acids is 1. The van der Waals surface area contributed by atoms with E-state index in [1.54, 1.807) is 18.2 Å². The van der Waals surface area contributed by atoms with E-state index in [-0.39, 0.29) is 12.0 Å². The van der Waals surface area contributed by atoms with Crippen molar-refractivity contribution in [2.24, 2.45) is 5.73 Å². The zero-order valence-electron chi connectivity index (χ0n) is 17.1. The molecule has 1 aliphatic carbocycles. The number of nitrogens with zero attached hydrogens (tertiary/aromatic N) is 2. The second-order valence-electron chi connectivity index (χ2n) is 7.59. The van der Waals surface area contributed by atoms with Crippen LogP contribution in [-0.2, 0) is 6.18 Å². The van der Waals surface area contributed by atoms with Crippen LogP contribution in [0.3, 0.4) is 0 Å². The van der Waals surface area contributed by atoms with Crippen molar-refractivity contribution in [1.82, 2.24) is 4.98 Å². The Morgan fingerprint density at radius 1 is 1.19 bits per heavy atom. The topological polar surface area (TPSA) is 77.7 Å². The standard InChI is InChI=1S/C23H22F3N3O3/c24-23(25,26)15-6-9-21(28-13-15)32-18-10-11-29(14-18)20-8-7-17(12-19(20)22(27)30)31-16-4-2-1-3-5-16/h2,4-9,12-13,18H,1,3,10-11,14H2,(H2,27,30). The zero-order chi connectivity index (χ0) is 22.7. The second kappa shape index (κ2) is 8.94. The molecule has 2 aliphatic rings. The molecule has 1 unspecified atom stereocenters. The van der Waals surface area contributed by atoms with Crippen molar-refractivity contribution in [3.63, 3.8) is 0 Å². The Morgan fingerprint density at radius 3 is 2.69 bits per heavy atom. The number of pyridine rings is 1. The number of anilines is 1. The molecule has 1 amide bonds. The maximum Gasteiger partial charge on any atom is 0.417 e. The summed E-state index contributed by atoms with van der Waals surface area (Å²) in [4.78, 5) is 17.8. The van der Waals surface area contributed by atoms with Crippen LogP contribution in [0.15, 0.2) is 60.5 Å². The molecule has 1 saturated heterocycles. The minimum absolute atomic E-state index is 0.123. The van der Waals surface area contributed by atoms with E-state index in [1.165, 1.54) is 6.07 Å². The van der Waals surface area contributed by atoms with E-state index >= 15 is 0 Å². The molecule has 1 fully saturated rings. The van der Waals surface area contributed by atoms with Crippen LogP contribution in [0.5, 0.6) is 11.6 Å². The van der Waals surface area contributed by atoms with Crippen molar-refractivity contribution in [1.29, 1.82) is 0 Å². The third-order valence-corrected chi connectivity index (χ3v) is 5.27. The van der Waals surface area contributed by atoms with Crippen LogP contribution in [0.1, 0.15) is 35.2 Å². The van der Waals surface area contributed by atoms with Crippen molar-refractivity contribution in [2.45, 2.75) is 31.5 Å². The average Bonchev–Trinajstić information content (AvgIpc) is 3.22. The quantitative estimate of drug-likeness (QED) is 0.710. The molecule has 2 N–H and O–H groups in total. The Morgan fingerprint density at radius 2 is 2.03 bits per heavy atom. The average molecular weight is 445 g/mol. The van der Waals surface area contributed by atoms with Gasteiger partial charge in [0.1, 0.15) is 17.6 Å². The van der Waals surface area contributed by atoms with Gasteiger partial charge in [-0.2, -0.15) is 13.2 Å². The molecule has 1 aromatic heterocycles. The summed E-state index contributed by atoms with van der Waals surface area (Å²) in [6.07, 6.45) is 4.41. The van der Waals surface area contributed by atoms with Gasteiger partial charge in [-0.1, -0.05) is 6.08 Å². The summed E-state index contributed by atoms with van der Waals surface area (Å²) < 4.78 is 49.6. The van der Waals surface area contributed by atoms with Gasteiger partial charge in [-0.3, -0.25) is 4.79 Å². The molecule has 168 valence electrons. The summed E-state index contributed by atoms with van der Waals surface area (Å²) in [6.45, 7) is 1.04. The van der Waals surface area contributed by atoms with Crippen LogP contribution in [0, 0.1) is 0 Å². The number of allylic oxidation sites excluding steroid dienone is 3. The lowest BCUT2D eigenvalue weighted by molar-refractivity contribution is -0.137. The summed E-state index contributed by atoms with van der Waals surface area (Å²) >= 11 is 0. The first-order chi connectivity index (χ1) is 15.3. The molecule has 0 saturated carbocycles. The highest BCUT2D eigenvalue weighted by molar-refractivity contribution is 5.99. The number of aromatic nitrogens is 1. The van der Waals surface area contributed by atoms with E-state index in [9.17, 15) is 18.0 Å². The molecule has 1 aromatic carbocycles. The van der Waals surface area contributed by atoms with Gasteiger partial charge in [0.2, 0.25) is 5.88 Å². The molecule has 0 radical (unpaired) electrons. The third kappa shape index (κ3) is 5.04. The lowest BCUT2D eigenvalue weighted by Crippen LogP contribution is -2.27. The summed E-state index contributed by atoms with van der Waals surface area (Å²) in [5.41, 5.74) is 5.77. The largest absolute Gasteiger partial charge is 0.472 e. The molecule has 0 bridgehead atoms. The van der Waals surface area contributed by atoms with Gasteiger partial charge >= 0.3 is 6.18 Å². The van der Waals surface area contributed by atoms with Gasteiger partial charge in [0, 0.05) is 30.9 Å². The number of carbonyl (C=O) groups is 1. The smallest absolute Gasteiger partial charge is 0.417 e. The molecule has 1 atom stereocenters. The molecule has 32 heavy (non-hydrogen) atoms. The van der Waals surface area contributed by atoms with Gasteiger partial charge in [-0.15, -0.1) is 0 Å². The number of hydrogen-bond donors (Lipinski definition) is 1. The van der Waals surface area contributed by atoms with Crippen LogP contribution < -0.4 is 20.1 Å². The summed E-state index contributed by atoms with van der Waals surface area (Å²) in [7, 11) is 0. The molecule has 2 heterocycles. The van der Waals surface area contributed by atoms with Crippen LogP contribution in [0.4, 0.5) is 18.9 Å². The van der Waals surface area contributed by atoms with Crippen molar-refractivity contribution >= 4 is 11.6 Å². The van der Waals surface area contributed by atoms with Crippen LogP contribution in [-0.4, -0.2) is 30.1 Å². The van der Waals surface area contributed by atoms with Crippen LogP contribution in [0.25, 0.3) is 0 Å². The van der Waals surface area contributed by atoms with E-state index < -0.39 is 17.6 Å². The first kappa shape index (κ1) is 21.7. The Bertz CT molecular complexity index is 1050. The first-order valence-electron chi connectivity index (χ1n) is 10.2. The molecule has 2 aromatic rings. The van der Waals surface area contributed by atoms with Gasteiger partial charge in [-0.25, -0.2) is 4.98 Å². The molecule has 6 nitrogen and oxygen atoms in total. The van der Waals surface area contributed by atoms with Gasteiger partial charge in [-0.05, 0) is 49.3 Å². The number of amides is 1. The van der Waals surface area contributed by atoms with Gasteiger partial charge < -0.3 is 20.1 Å². The van der Waals surface area contributed by atoms with E-state index in [0.717, 1.165) is 30.9 Å². The fourth-order valence-corrected chi connectivity index (χ4v) is 3.68. The number of benzene rings is 1. The number of rotatable bonds is 6. The fourth-order valence-electron chi connectivity index (χ4n) is 3.68. The summed E-state index contributed by atoms with van der Waals surface area (Å²) in [6, 6.07) is 7.32. The van der Waals surface area contributed by atoms with Crippen molar-refractivity contribution in [2.75, 3.05) is 18.0 Å². The molecule has 0 spiro atoms. The van der Waals surface area contributed by atoms with E-state index in [1.807, 2.05) is 23.1 Å². The lowest BCUT2D eigenvalue weighted by Gasteiger charge is -2.22. The maximum atomic E-state index is 12.7. The number of alkyl halides is 3. The highest BCUT2D eigenvalue weighted by Crippen LogP contribution is 2.32. The Balaban J connectivity index is 1.44. The van der Waals surface area contributed by atoms with Crippen molar-refractivity contribution in [3.8, 4) is 11.6 Å². The molecular weight excluding hydrogens is 423 g/mol. The Labute approximate surface area is 183 Å². The Kier molecular flexibility index (Phi) is 6.07. The monoisotopic (exact) mass is 445 g/mol.